The Morgan fingerprint density at radius 3 is 2.47 bits per heavy atom. The number of fused-ring (bicyclic) bond motifs is 3. The predicted molar refractivity (Wildman–Crippen MR) is 168 cm³/mol. The lowest BCUT2D eigenvalue weighted by molar-refractivity contribution is -0.111. The number of pyridine rings is 1. The fourth-order valence-electron chi connectivity index (χ4n) is 5.00. The Morgan fingerprint density at radius 2 is 1.77 bits per heavy atom. The molecule has 0 atom stereocenters. The largest absolute Gasteiger partial charge is 0.495 e. The number of benzene rings is 2. The maximum Gasteiger partial charge on any atom is 0.247 e. The van der Waals surface area contributed by atoms with Crippen molar-refractivity contribution in [2.75, 3.05) is 56.1 Å². The number of nitrogens with zero attached hydrogens (tertiary/aromatic N) is 5. The van der Waals surface area contributed by atoms with E-state index in [1.165, 1.54) is 20.3 Å². The first kappa shape index (κ1) is 28.5. The van der Waals surface area contributed by atoms with Crippen LogP contribution in [0.15, 0.2) is 61.6 Å². The van der Waals surface area contributed by atoms with E-state index in [4.69, 9.17) is 42.4 Å². The van der Waals surface area contributed by atoms with Crippen molar-refractivity contribution in [3.63, 3.8) is 0 Å². The van der Waals surface area contributed by atoms with E-state index in [1.807, 2.05) is 28.7 Å². The summed E-state index contributed by atoms with van der Waals surface area (Å²) in [4.78, 5) is 28.4. The standard InChI is InChI=1S/C30H27Cl2N7O4/c1-4-24(40)35-21-14-18(38-9-11-43-12-10-38)5-6-20(21)36-30-34-16-17-13-19(29-33-7-8-39(29)28(17)37-30)25-26(31)22(41-2)15-23(42-3)27(25)32/h4-8,13-16H,1,9-12H2,2-3H3,(H,35,40)(H,34,36,37). The third-order valence-electron chi connectivity index (χ3n) is 7.12. The molecule has 1 aliphatic heterocycles. The summed E-state index contributed by atoms with van der Waals surface area (Å²) < 4.78 is 18.2. The first-order chi connectivity index (χ1) is 20.9. The summed E-state index contributed by atoms with van der Waals surface area (Å²) in [5.41, 5.74) is 4.49. The molecular formula is C30H27Cl2N7O4. The average Bonchev–Trinajstić information content (AvgIpc) is 3.53. The molecule has 0 spiro atoms. The van der Waals surface area contributed by atoms with Gasteiger partial charge in [-0.25, -0.2) is 9.97 Å². The number of imidazole rings is 1. The number of methoxy groups -OCH3 is 2. The second-order valence-corrected chi connectivity index (χ2v) is 10.3. The van der Waals surface area contributed by atoms with Crippen molar-refractivity contribution in [2.45, 2.75) is 0 Å². The highest BCUT2D eigenvalue weighted by Crippen LogP contribution is 2.47. The van der Waals surface area contributed by atoms with Crippen LogP contribution >= 0.6 is 23.2 Å². The summed E-state index contributed by atoms with van der Waals surface area (Å²) in [6.07, 6.45) is 6.38. The van der Waals surface area contributed by atoms with Gasteiger partial charge in [0.1, 0.15) is 17.1 Å². The molecule has 0 aliphatic carbocycles. The van der Waals surface area contributed by atoms with Crippen LogP contribution in [-0.4, -0.2) is 65.8 Å². The zero-order valence-corrected chi connectivity index (χ0v) is 24.9. The molecule has 3 aromatic heterocycles. The Kier molecular flexibility index (Phi) is 7.94. The van der Waals surface area contributed by atoms with E-state index >= 15 is 0 Å². The molecule has 5 aromatic rings. The van der Waals surface area contributed by atoms with Gasteiger partial charge in [-0.15, -0.1) is 0 Å². The van der Waals surface area contributed by atoms with Gasteiger partial charge in [0, 0.05) is 59.9 Å². The molecule has 2 N–H and O–H groups in total. The highest BCUT2D eigenvalue weighted by molar-refractivity contribution is 6.41. The van der Waals surface area contributed by atoms with Gasteiger partial charge in [0.05, 0.1) is 48.9 Å². The number of nitrogens with one attached hydrogen (secondary N) is 2. The summed E-state index contributed by atoms with van der Waals surface area (Å²) in [7, 11) is 3.05. The Hall–Kier alpha value is -4.58. The average molecular weight is 620 g/mol. The van der Waals surface area contributed by atoms with Crippen molar-refractivity contribution < 1.29 is 19.0 Å². The second-order valence-electron chi connectivity index (χ2n) is 9.58. The lowest BCUT2D eigenvalue weighted by Gasteiger charge is -2.29. The van der Waals surface area contributed by atoms with E-state index < -0.39 is 0 Å². The molecule has 1 fully saturated rings. The van der Waals surface area contributed by atoms with E-state index in [0.29, 0.717) is 79.9 Å². The lowest BCUT2D eigenvalue weighted by Crippen LogP contribution is -2.36. The van der Waals surface area contributed by atoms with E-state index in [0.717, 1.165) is 18.8 Å². The van der Waals surface area contributed by atoms with Gasteiger partial charge in [-0.1, -0.05) is 29.8 Å². The van der Waals surface area contributed by atoms with Crippen LogP contribution in [0.5, 0.6) is 11.5 Å². The maximum absolute atomic E-state index is 12.3. The Bertz CT molecular complexity index is 1840. The van der Waals surface area contributed by atoms with Crippen LogP contribution in [0.1, 0.15) is 0 Å². The molecule has 13 heteroatoms. The molecule has 220 valence electrons. The summed E-state index contributed by atoms with van der Waals surface area (Å²) in [6, 6.07) is 9.28. The fourth-order valence-corrected chi connectivity index (χ4v) is 5.71. The molecule has 1 aliphatic rings. The maximum atomic E-state index is 12.3. The minimum Gasteiger partial charge on any atom is -0.495 e. The van der Waals surface area contributed by atoms with Crippen LogP contribution in [-0.2, 0) is 9.53 Å². The van der Waals surface area contributed by atoms with Gasteiger partial charge in [0.15, 0.2) is 5.65 Å². The zero-order valence-electron chi connectivity index (χ0n) is 23.4. The van der Waals surface area contributed by atoms with Crippen LogP contribution in [0, 0.1) is 0 Å². The highest BCUT2D eigenvalue weighted by Gasteiger charge is 2.23. The molecule has 0 bridgehead atoms. The summed E-state index contributed by atoms with van der Waals surface area (Å²) in [6.45, 7) is 6.39. The van der Waals surface area contributed by atoms with E-state index in [9.17, 15) is 4.79 Å². The number of carbonyl (C=O) groups excluding carboxylic acids is 1. The minimum atomic E-state index is -0.333. The fraction of sp³-hybridized carbons (Fsp3) is 0.200. The van der Waals surface area contributed by atoms with Crippen molar-refractivity contribution >= 4 is 68.8 Å². The van der Waals surface area contributed by atoms with Gasteiger partial charge in [-0.05, 0) is 30.3 Å². The SMILES string of the molecule is C=CC(=O)Nc1cc(N2CCOCC2)ccc1Nc1ncc2cc(-c3c(Cl)c(OC)cc(OC)c3Cl)c3nccn3c2n1. The van der Waals surface area contributed by atoms with Gasteiger partial charge in [-0.3, -0.25) is 9.20 Å². The van der Waals surface area contributed by atoms with Gasteiger partial charge < -0.3 is 29.7 Å². The monoisotopic (exact) mass is 619 g/mol. The second kappa shape index (κ2) is 12.0. The van der Waals surface area contributed by atoms with Gasteiger partial charge in [0.2, 0.25) is 11.9 Å². The van der Waals surface area contributed by atoms with E-state index in [-0.39, 0.29) is 5.91 Å². The highest BCUT2D eigenvalue weighted by atomic mass is 35.5. The first-order valence-corrected chi connectivity index (χ1v) is 14.1. The molecule has 43 heavy (non-hydrogen) atoms. The van der Waals surface area contributed by atoms with Crippen molar-refractivity contribution in [3.05, 3.63) is 71.6 Å². The molecule has 0 unspecified atom stereocenters. The molecule has 0 saturated carbocycles. The van der Waals surface area contributed by atoms with Crippen LogP contribution in [0.25, 0.3) is 27.8 Å². The topological polar surface area (TPSA) is 115 Å². The molecule has 4 heterocycles. The first-order valence-electron chi connectivity index (χ1n) is 13.3. The van der Waals surface area contributed by atoms with E-state index in [1.54, 1.807) is 24.7 Å². The third-order valence-corrected chi connectivity index (χ3v) is 7.87. The van der Waals surface area contributed by atoms with Crippen molar-refractivity contribution in [1.82, 2.24) is 19.4 Å². The molecule has 0 radical (unpaired) electrons. The molecule has 6 rings (SSSR count). The Labute approximate surface area is 257 Å². The van der Waals surface area contributed by atoms with Gasteiger partial charge in [0.25, 0.3) is 0 Å². The number of morpholine rings is 1. The third kappa shape index (κ3) is 5.38. The summed E-state index contributed by atoms with van der Waals surface area (Å²) >= 11 is 13.5. The van der Waals surface area contributed by atoms with E-state index in [2.05, 4.69) is 32.1 Å². The molecule has 11 nitrogen and oxygen atoms in total. The van der Waals surface area contributed by atoms with Crippen molar-refractivity contribution in [3.8, 4) is 22.6 Å². The number of aromatic nitrogens is 4. The van der Waals surface area contributed by atoms with Crippen molar-refractivity contribution in [2.24, 2.45) is 0 Å². The Morgan fingerprint density at radius 1 is 1.02 bits per heavy atom. The van der Waals surface area contributed by atoms with Crippen molar-refractivity contribution in [1.29, 1.82) is 0 Å². The van der Waals surface area contributed by atoms with Gasteiger partial charge >= 0.3 is 0 Å². The number of carbonyl (C=O) groups is 1. The minimum absolute atomic E-state index is 0.322. The molecular weight excluding hydrogens is 593 g/mol. The quantitative estimate of drug-likeness (QED) is 0.203. The van der Waals surface area contributed by atoms with Crippen LogP contribution < -0.4 is 25.0 Å². The number of hydrogen-bond donors (Lipinski definition) is 2. The van der Waals surface area contributed by atoms with Crippen LogP contribution in [0.4, 0.5) is 23.0 Å². The number of ether oxygens (including phenoxy) is 3. The smallest absolute Gasteiger partial charge is 0.247 e. The number of halogens is 2. The van der Waals surface area contributed by atoms with Gasteiger partial charge in [-0.2, -0.15) is 4.98 Å². The normalized spacial score (nSPS) is 13.3. The molecule has 1 amide bonds. The Balaban J connectivity index is 1.42. The van der Waals surface area contributed by atoms with Crippen LogP contribution in [0.3, 0.4) is 0 Å². The number of anilines is 4. The molecule has 2 aromatic carbocycles. The lowest BCUT2D eigenvalue weighted by atomic mass is 10.0. The number of amides is 1. The predicted octanol–water partition coefficient (Wildman–Crippen LogP) is 5.97. The molecule has 1 saturated heterocycles. The summed E-state index contributed by atoms with van der Waals surface area (Å²) in [5, 5.41) is 7.50. The summed E-state index contributed by atoms with van der Waals surface area (Å²) in [5.74, 6) is 0.818. The zero-order chi connectivity index (χ0) is 30.1. The number of hydrogen-bond acceptors (Lipinski definition) is 9. The van der Waals surface area contributed by atoms with Crippen LogP contribution in [0.2, 0.25) is 10.0 Å². The number of rotatable bonds is 8.